The number of benzene rings is 1. The summed E-state index contributed by atoms with van der Waals surface area (Å²) in [7, 11) is 0. The second-order valence-electron chi connectivity index (χ2n) is 8.32. The molecule has 2 aromatic rings. The summed E-state index contributed by atoms with van der Waals surface area (Å²) in [5.74, 6) is 0.642. The summed E-state index contributed by atoms with van der Waals surface area (Å²) >= 11 is 0. The number of hydrogen-bond acceptors (Lipinski definition) is 4. The molecule has 0 saturated heterocycles. The third kappa shape index (κ3) is 3.30. The molecule has 1 heterocycles. The Bertz CT molecular complexity index is 832. The zero-order valence-electron chi connectivity index (χ0n) is 16.4. The van der Waals surface area contributed by atoms with Gasteiger partial charge in [-0.15, -0.1) is 0 Å². The molecule has 0 bridgehead atoms. The van der Waals surface area contributed by atoms with Gasteiger partial charge in [0.15, 0.2) is 0 Å². The Morgan fingerprint density at radius 3 is 2.46 bits per heavy atom. The Morgan fingerprint density at radius 1 is 1.23 bits per heavy atom. The van der Waals surface area contributed by atoms with E-state index >= 15 is 0 Å². The molecule has 138 valence electrons. The van der Waals surface area contributed by atoms with Gasteiger partial charge < -0.3 is 4.84 Å². The van der Waals surface area contributed by atoms with Crippen LogP contribution in [-0.4, -0.2) is 27.2 Å². The SMILES string of the molecule is C=CCO/N=C(/c1cc2c(cc1C)C(C)(C)CCC2(C)C)n1cncn1. The van der Waals surface area contributed by atoms with E-state index in [-0.39, 0.29) is 10.8 Å². The molecule has 3 rings (SSSR count). The normalized spacial score (nSPS) is 18.3. The molecule has 0 atom stereocenters. The van der Waals surface area contributed by atoms with Gasteiger partial charge in [-0.3, -0.25) is 0 Å². The average Bonchev–Trinajstić information content (AvgIpc) is 3.10. The summed E-state index contributed by atoms with van der Waals surface area (Å²) in [5.41, 5.74) is 5.29. The lowest BCUT2D eigenvalue weighted by atomic mass is 9.62. The number of hydrogen-bond donors (Lipinski definition) is 0. The Labute approximate surface area is 155 Å². The van der Waals surface area contributed by atoms with Crippen molar-refractivity contribution in [3.05, 3.63) is 59.7 Å². The summed E-state index contributed by atoms with van der Waals surface area (Å²) in [5, 5.41) is 8.58. The molecule has 0 saturated carbocycles. The molecule has 1 aliphatic rings. The van der Waals surface area contributed by atoms with E-state index in [0.29, 0.717) is 12.4 Å². The van der Waals surface area contributed by atoms with E-state index in [9.17, 15) is 0 Å². The monoisotopic (exact) mass is 352 g/mol. The smallest absolute Gasteiger partial charge is 0.201 e. The van der Waals surface area contributed by atoms with E-state index < -0.39 is 0 Å². The lowest BCUT2D eigenvalue weighted by Crippen LogP contribution is -2.34. The lowest BCUT2D eigenvalue weighted by Gasteiger charge is -2.42. The fraction of sp³-hybridized carbons (Fsp3) is 0.476. The molecule has 0 aliphatic heterocycles. The van der Waals surface area contributed by atoms with Crippen LogP contribution >= 0.6 is 0 Å². The summed E-state index contributed by atoms with van der Waals surface area (Å²) in [6.07, 6.45) is 7.18. The standard InChI is InChI=1S/C21H28N4O/c1-7-10-26-24-19(25-14-22-13-23-25)16-12-18-17(11-15(16)2)20(3,4)8-9-21(18,5)6/h7,11-14H,1,8-10H2,2-6H3/b24-19-. The van der Waals surface area contributed by atoms with E-state index in [0.717, 1.165) is 17.5 Å². The van der Waals surface area contributed by atoms with Crippen LogP contribution in [0.15, 0.2) is 42.6 Å². The molecule has 0 unspecified atom stereocenters. The van der Waals surface area contributed by atoms with Crippen LogP contribution in [0.1, 0.15) is 62.8 Å². The average molecular weight is 352 g/mol. The Morgan fingerprint density at radius 2 is 1.88 bits per heavy atom. The van der Waals surface area contributed by atoms with Gasteiger partial charge in [0.05, 0.1) is 0 Å². The minimum atomic E-state index is 0.128. The summed E-state index contributed by atoms with van der Waals surface area (Å²) in [6, 6.07) is 4.58. The van der Waals surface area contributed by atoms with Crippen LogP contribution in [0.2, 0.25) is 0 Å². The summed E-state index contributed by atoms with van der Waals surface area (Å²) in [6.45, 7) is 15.4. The molecule has 0 fully saturated rings. The van der Waals surface area contributed by atoms with Gasteiger partial charge in [-0.2, -0.15) is 9.78 Å². The molecule has 26 heavy (non-hydrogen) atoms. The van der Waals surface area contributed by atoms with Gasteiger partial charge in [0, 0.05) is 5.56 Å². The van der Waals surface area contributed by atoms with Crippen molar-refractivity contribution < 1.29 is 4.84 Å². The van der Waals surface area contributed by atoms with Crippen LogP contribution in [0.5, 0.6) is 0 Å². The van der Waals surface area contributed by atoms with E-state index in [1.165, 1.54) is 23.9 Å². The van der Waals surface area contributed by atoms with Gasteiger partial charge in [-0.05, 0) is 53.4 Å². The largest absolute Gasteiger partial charge is 0.390 e. The first-order chi connectivity index (χ1) is 12.3. The number of oxime groups is 1. The molecule has 1 aromatic carbocycles. The van der Waals surface area contributed by atoms with Gasteiger partial charge >= 0.3 is 0 Å². The lowest BCUT2D eigenvalue weighted by molar-refractivity contribution is 0.173. The van der Waals surface area contributed by atoms with Crippen molar-refractivity contribution >= 4 is 5.84 Å². The fourth-order valence-electron chi connectivity index (χ4n) is 3.65. The number of rotatable bonds is 4. The van der Waals surface area contributed by atoms with Crippen molar-refractivity contribution in [2.24, 2.45) is 5.16 Å². The maximum atomic E-state index is 5.40. The van der Waals surface area contributed by atoms with E-state index in [2.05, 4.69) is 68.6 Å². The maximum Gasteiger partial charge on any atom is 0.201 e. The number of aryl methyl sites for hydroxylation is 1. The topological polar surface area (TPSA) is 52.3 Å². The molecule has 1 aliphatic carbocycles. The highest BCUT2D eigenvalue weighted by Gasteiger charge is 2.37. The van der Waals surface area contributed by atoms with E-state index in [1.807, 2.05) is 0 Å². The number of nitrogens with zero attached hydrogens (tertiary/aromatic N) is 4. The van der Waals surface area contributed by atoms with Crippen LogP contribution in [0.3, 0.4) is 0 Å². The third-order valence-corrected chi connectivity index (χ3v) is 5.42. The second-order valence-corrected chi connectivity index (χ2v) is 8.32. The zero-order valence-corrected chi connectivity index (χ0v) is 16.4. The van der Waals surface area contributed by atoms with Crippen LogP contribution in [-0.2, 0) is 15.7 Å². The van der Waals surface area contributed by atoms with Gasteiger partial charge in [0.2, 0.25) is 5.84 Å². The molecule has 0 amide bonds. The second kappa shape index (κ2) is 6.71. The Hall–Kier alpha value is -2.43. The molecule has 5 nitrogen and oxygen atoms in total. The predicted octanol–water partition coefficient (Wildman–Crippen LogP) is 4.35. The first-order valence-corrected chi connectivity index (χ1v) is 9.08. The van der Waals surface area contributed by atoms with Crippen molar-refractivity contribution in [1.82, 2.24) is 14.8 Å². The van der Waals surface area contributed by atoms with Crippen molar-refractivity contribution in [3.8, 4) is 0 Å². The fourth-order valence-corrected chi connectivity index (χ4v) is 3.65. The molecular weight excluding hydrogens is 324 g/mol. The summed E-state index contributed by atoms with van der Waals surface area (Å²) < 4.78 is 1.65. The first kappa shape index (κ1) is 18.4. The predicted molar refractivity (Wildman–Crippen MR) is 105 cm³/mol. The number of fused-ring (bicyclic) bond motifs is 1. The quantitative estimate of drug-likeness (QED) is 0.270. The Balaban J connectivity index is 2.18. The Kier molecular flexibility index (Phi) is 4.74. The van der Waals surface area contributed by atoms with Crippen molar-refractivity contribution in [2.75, 3.05) is 6.61 Å². The first-order valence-electron chi connectivity index (χ1n) is 9.08. The van der Waals surface area contributed by atoms with Crippen LogP contribution in [0, 0.1) is 6.92 Å². The van der Waals surface area contributed by atoms with E-state index in [4.69, 9.17) is 4.84 Å². The van der Waals surface area contributed by atoms with Crippen molar-refractivity contribution in [2.45, 2.75) is 58.3 Å². The molecule has 1 aromatic heterocycles. The van der Waals surface area contributed by atoms with Gasteiger partial charge in [0.1, 0.15) is 19.3 Å². The minimum Gasteiger partial charge on any atom is -0.390 e. The molecule has 0 spiro atoms. The zero-order chi connectivity index (χ0) is 18.9. The van der Waals surface area contributed by atoms with Gasteiger partial charge in [-0.25, -0.2) is 4.98 Å². The van der Waals surface area contributed by atoms with E-state index in [1.54, 1.807) is 17.1 Å². The summed E-state index contributed by atoms with van der Waals surface area (Å²) in [4.78, 5) is 9.46. The van der Waals surface area contributed by atoms with Crippen LogP contribution < -0.4 is 0 Å². The molecule has 0 N–H and O–H groups in total. The van der Waals surface area contributed by atoms with Gasteiger partial charge in [0.25, 0.3) is 0 Å². The van der Waals surface area contributed by atoms with Crippen LogP contribution in [0.25, 0.3) is 0 Å². The van der Waals surface area contributed by atoms with Crippen molar-refractivity contribution in [3.63, 3.8) is 0 Å². The molecule has 0 radical (unpaired) electrons. The van der Waals surface area contributed by atoms with Crippen molar-refractivity contribution in [1.29, 1.82) is 0 Å². The van der Waals surface area contributed by atoms with Gasteiger partial charge in [-0.1, -0.05) is 51.6 Å². The molecule has 5 heteroatoms. The third-order valence-electron chi connectivity index (χ3n) is 5.42. The molecular formula is C21H28N4O. The minimum absolute atomic E-state index is 0.128. The highest BCUT2D eigenvalue weighted by molar-refractivity contribution is 6.01. The highest BCUT2D eigenvalue weighted by Crippen LogP contribution is 2.46. The number of aromatic nitrogens is 3. The highest BCUT2D eigenvalue weighted by atomic mass is 16.6. The maximum absolute atomic E-state index is 5.40. The van der Waals surface area contributed by atoms with Crippen LogP contribution in [0.4, 0.5) is 0 Å².